The maximum Gasteiger partial charge on any atom is 0.327 e. The van der Waals surface area contributed by atoms with Crippen LogP contribution in [0.2, 0.25) is 0 Å². The second-order valence-electron chi connectivity index (χ2n) is 10.8. The standard InChI is InChI=1S/C30H54O6S/c1-5-7-9-11-13-15-17-19-21-23-25(31)29(3,27(33)34)37-30(4,28(35)36)26(32)24-22-20-18-16-14-12-10-8-6-2/h5-24H2,1-4H3,(H,33,34)(H,35,36). The molecule has 0 aliphatic carbocycles. The maximum atomic E-state index is 13.0. The number of carboxylic acid groups (broad SMARTS) is 2. The zero-order valence-corrected chi connectivity index (χ0v) is 24.9. The van der Waals surface area contributed by atoms with Gasteiger partial charge in [-0.25, -0.2) is 0 Å². The molecule has 0 fully saturated rings. The van der Waals surface area contributed by atoms with Gasteiger partial charge in [0.05, 0.1) is 0 Å². The molecule has 216 valence electrons. The van der Waals surface area contributed by atoms with Gasteiger partial charge in [-0.15, -0.1) is 11.8 Å². The molecule has 6 nitrogen and oxygen atoms in total. The molecule has 2 atom stereocenters. The van der Waals surface area contributed by atoms with Crippen molar-refractivity contribution in [3.63, 3.8) is 0 Å². The van der Waals surface area contributed by atoms with Crippen LogP contribution in [0.4, 0.5) is 0 Å². The van der Waals surface area contributed by atoms with E-state index in [-0.39, 0.29) is 12.8 Å². The van der Waals surface area contributed by atoms with Crippen molar-refractivity contribution in [3.05, 3.63) is 0 Å². The van der Waals surface area contributed by atoms with Crippen LogP contribution in [0, 0.1) is 0 Å². The number of Topliss-reactive ketones (excluding diaryl/α,β-unsaturated/α-hetero) is 2. The summed E-state index contributed by atoms with van der Waals surface area (Å²) in [6, 6.07) is 0. The van der Waals surface area contributed by atoms with Gasteiger partial charge in [0.2, 0.25) is 0 Å². The summed E-state index contributed by atoms with van der Waals surface area (Å²) in [7, 11) is 0. The lowest BCUT2D eigenvalue weighted by molar-refractivity contribution is -0.143. The predicted octanol–water partition coefficient (Wildman–Crippen LogP) is 8.39. The highest BCUT2D eigenvalue weighted by molar-refractivity contribution is 8.04. The number of carbonyl (C=O) groups is 4. The Bertz CT molecular complexity index is 623. The molecule has 37 heavy (non-hydrogen) atoms. The van der Waals surface area contributed by atoms with Crippen LogP contribution in [-0.4, -0.2) is 43.2 Å². The Labute approximate surface area is 230 Å². The molecule has 0 saturated carbocycles. The second kappa shape index (κ2) is 20.6. The first-order valence-corrected chi connectivity index (χ1v) is 15.6. The summed E-state index contributed by atoms with van der Waals surface area (Å²) in [5.74, 6) is -3.81. The number of ketones is 2. The van der Waals surface area contributed by atoms with Crippen molar-refractivity contribution in [1.82, 2.24) is 0 Å². The van der Waals surface area contributed by atoms with E-state index >= 15 is 0 Å². The Morgan fingerprint density at radius 1 is 0.486 bits per heavy atom. The fourth-order valence-corrected chi connectivity index (χ4v) is 5.94. The lowest BCUT2D eigenvalue weighted by Gasteiger charge is -2.32. The topological polar surface area (TPSA) is 109 Å². The maximum absolute atomic E-state index is 13.0. The van der Waals surface area contributed by atoms with Crippen LogP contribution in [0.5, 0.6) is 0 Å². The van der Waals surface area contributed by atoms with Crippen molar-refractivity contribution in [1.29, 1.82) is 0 Å². The zero-order chi connectivity index (χ0) is 28.2. The van der Waals surface area contributed by atoms with Crippen LogP contribution in [0.3, 0.4) is 0 Å². The largest absolute Gasteiger partial charge is 0.480 e. The van der Waals surface area contributed by atoms with Crippen molar-refractivity contribution in [2.45, 2.75) is 166 Å². The molecule has 0 aromatic rings. The van der Waals surface area contributed by atoms with E-state index in [0.717, 1.165) is 38.5 Å². The summed E-state index contributed by atoms with van der Waals surface area (Å²) in [6.07, 6.45) is 19.5. The lowest BCUT2D eigenvalue weighted by Crippen LogP contribution is -2.50. The number of carboxylic acids is 2. The molecular weight excluding hydrogens is 488 g/mol. The van der Waals surface area contributed by atoms with Crippen molar-refractivity contribution in [3.8, 4) is 0 Å². The van der Waals surface area contributed by atoms with Gasteiger partial charge in [-0.05, 0) is 26.7 Å². The van der Waals surface area contributed by atoms with Crippen molar-refractivity contribution >= 4 is 35.3 Å². The van der Waals surface area contributed by atoms with Crippen LogP contribution < -0.4 is 0 Å². The quantitative estimate of drug-likeness (QED) is 0.0834. The first-order valence-electron chi connectivity index (χ1n) is 14.8. The van der Waals surface area contributed by atoms with E-state index in [9.17, 15) is 29.4 Å². The zero-order valence-electron chi connectivity index (χ0n) is 24.1. The van der Waals surface area contributed by atoms with E-state index in [0.29, 0.717) is 24.6 Å². The highest BCUT2D eigenvalue weighted by atomic mass is 32.2. The molecule has 2 unspecified atom stereocenters. The number of aliphatic carboxylic acids is 2. The van der Waals surface area contributed by atoms with Gasteiger partial charge in [-0.2, -0.15) is 0 Å². The Morgan fingerprint density at radius 2 is 0.730 bits per heavy atom. The van der Waals surface area contributed by atoms with Crippen LogP contribution >= 0.6 is 11.8 Å². The van der Waals surface area contributed by atoms with E-state index in [1.165, 1.54) is 78.1 Å². The Hall–Kier alpha value is -1.37. The van der Waals surface area contributed by atoms with Gasteiger partial charge in [0.1, 0.15) is 0 Å². The van der Waals surface area contributed by atoms with E-state index in [4.69, 9.17) is 0 Å². The fraction of sp³-hybridized carbons (Fsp3) is 0.867. The third-order valence-electron chi connectivity index (χ3n) is 7.30. The lowest BCUT2D eigenvalue weighted by atomic mass is 9.98. The third kappa shape index (κ3) is 14.4. The van der Waals surface area contributed by atoms with Gasteiger partial charge in [-0.3, -0.25) is 19.2 Å². The van der Waals surface area contributed by atoms with Gasteiger partial charge >= 0.3 is 11.9 Å². The number of thioether (sulfide) groups is 1. The van der Waals surface area contributed by atoms with Crippen LogP contribution in [0.25, 0.3) is 0 Å². The first-order chi connectivity index (χ1) is 17.6. The molecule has 7 heteroatoms. The molecule has 0 aliphatic heterocycles. The van der Waals surface area contributed by atoms with Gasteiger partial charge in [-0.1, -0.05) is 117 Å². The van der Waals surface area contributed by atoms with Crippen LogP contribution in [-0.2, 0) is 19.2 Å². The Kier molecular flexibility index (Phi) is 19.8. The van der Waals surface area contributed by atoms with Gasteiger partial charge in [0, 0.05) is 12.8 Å². The van der Waals surface area contributed by atoms with Gasteiger partial charge < -0.3 is 10.2 Å². The first kappa shape index (κ1) is 35.6. The summed E-state index contributed by atoms with van der Waals surface area (Å²) >= 11 is 0.488. The number of rotatable bonds is 26. The summed E-state index contributed by atoms with van der Waals surface area (Å²) < 4.78 is -3.94. The van der Waals surface area contributed by atoms with Gasteiger partial charge in [0.15, 0.2) is 21.1 Å². The molecule has 0 aromatic heterocycles. The summed E-state index contributed by atoms with van der Waals surface area (Å²) in [6.45, 7) is 6.88. The molecule has 0 heterocycles. The third-order valence-corrected chi connectivity index (χ3v) is 8.92. The number of hydrogen-bond acceptors (Lipinski definition) is 5. The molecule has 0 aromatic carbocycles. The van der Waals surface area contributed by atoms with Gasteiger partial charge in [0.25, 0.3) is 0 Å². The molecule has 0 spiro atoms. The highest BCUT2D eigenvalue weighted by Gasteiger charge is 2.53. The molecule has 2 N–H and O–H groups in total. The monoisotopic (exact) mass is 542 g/mol. The van der Waals surface area contributed by atoms with Crippen LogP contribution in [0.1, 0.15) is 156 Å². The minimum absolute atomic E-state index is 0.0772. The molecule has 0 aliphatic rings. The summed E-state index contributed by atoms with van der Waals surface area (Å²) in [4.78, 5) is 50.2. The van der Waals surface area contributed by atoms with Crippen molar-refractivity contribution in [2.75, 3.05) is 0 Å². The van der Waals surface area contributed by atoms with Crippen LogP contribution in [0.15, 0.2) is 0 Å². The molecule has 0 radical (unpaired) electrons. The molecule has 0 rings (SSSR count). The second-order valence-corrected chi connectivity index (χ2v) is 12.6. The number of unbranched alkanes of at least 4 members (excludes halogenated alkanes) is 16. The highest BCUT2D eigenvalue weighted by Crippen LogP contribution is 2.41. The van der Waals surface area contributed by atoms with E-state index in [1.54, 1.807) is 0 Å². The molecule has 0 saturated heterocycles. The summed E-state index contributed by atoms with van der Waals surface area (Å²) in [5, 5.41) is 19.8. The Balaban J connectivity index is 4.72. The van der Waals surface area contributed by atoms with E-state index in [1.807, 2.05) is 0 Å². The average Bonchev–Trinajstić information content (AvgIpc) is 2.85. The summed E-state index contributed by atoms with van der Waals surface area (Å²) in [5.41, 5.74) is 0. The molecule has 0 bridgehead atoms. The molecular formula is C30H54O6S. The fourth-order valence-electron chi connectivity index (χ4n) is 4.52. The number of hydrogen-bond donors (Lipinski definition) is 2. The minimum Gasteiger partial charge on any atom is -0.480 e. The van der Waals surface area contributed by atoms with Crippen molar-refractivity contribution in [2.24, 2.45) is 0 Å². The number of carbonyl (C=O) groups excluding carboxylic acids is 2. The average molecular weight is 543 g/mol. The minimum atomic E-state index is -1.97. The Morgan fingerprint density at radius 3 is 0.973 bits per heavy atom. The normalized spacial score (nSPS) is 14.6. The van der Waals surface area contributed by atoms with E-state index < -0.39 is 33.0 Å². The molecule has 0 amide bonds. The smallest absolute Gasteiger partial charge is 0.327 e. The van der Waals surface area contributed by atoms with E-state index in [2.05, 4.69) is 13.8 Å². The SMILES string of the molecule is CCCCCCCCCCCC(=O)C(C)(SC(C)(C(=O)O)C(=O)CCCCCCCCCCC)C(=O)O. The van der Waals surface area contributed by atoms with Crippen molar-refractivity contribution < 1.29 is 29.4 Å². The predicted molar refractivity (Wildman–Crippen MR) is 153 cm³/mol.